The average molecular weight is 547 g/mol. The molecule has 182 valence electrons. The molecule has 35 heavy (non-hydrogen) atoms. The van der Waals surface area contributed by atoms with E-state index in [1.54, 1.807) is 23.5 Å². The largest absolute Gasteiger partial charge is 0.465 e. The predicted molar refractivity (Wildman–Crippen MR) is 144 cm³/mol. The molecule has 3 heterocycles. The Balaban J connectivity index is 1.49. The summed E-state index contributed by atoms with van der Waals surface area (Å²) in [4.78, 5) is 26.6. The number of carbonyl (C=O) groups is 2. The molecule has 7 nitrogen and oxygen atoms in total. The summed E-state index contributed by atoms with van der Waals surface area (Å²) >= 11 is 10.3. The smallest absolute Gasteiger partial charge is 0.341 e. The minimum absolute atomic E-state index is 0.115. The number of ether oxygens (including phenoxy) is 1. The van der Waals surface area contributed by atoms with Crippen LogP contribution >= 0.6 is 46.0 Å². The first-order chi connectivity index (χ1) is 16.8. The van der Waals surface area contributed by atoms with Gasteiger partial charge in [-0.05, 0) is 36.6 Å². The molecule has 0 atom stereocenters. The highest BCUT2D eigenvalue weighted by atomic mass is 35.5. The van der Waals surface area contributed by atoms with Gasteiger partial charge in [-0.2, -0.15) is 0 Å². The first-order valence-corrected chi connectivity index (χ1v) is 13.8. The number of esters is 1. The number of methoxy groups -OCH3 is 1. The van der Waals surface area contributed by atoms with Crippen molar-refractivity contribution in [3.8, 4) is 22.5 Å². The van der Waals surface area contributed by atoms with Crippen LogP contribution in [-0.4, -0.2) is 39.5 Å². The van der Waals surface area contributed by atoms with Gasteiger partial charge in [0, 0.05) is 38.8 Å². The quantitative estimate of drug-likeness (QED) is 0.206. The molecule has 0 bridgehead atoms. The third-order valence-corrected chi connectivity index (χ3v) is 8.58. The van der Waals surface area contributed by atoms with Crippen molar-refractivity contribution in [3.05, 3.63) is 56.1 Å². The van der Waals surface area contributed by atoms with Gasteiger partial charge >= 0.3 is 5.97 Å². The van der Waals surface area contributed by atoms with Crippen LogP contribution < -0.4 is 5.32 Å². The molecule has 0 aliphatic carbocycles. The highest BCUT2D eigenvalue weighted by molar-refractivity contribution is 7.99. The number of benzene rings is 1. The van der Waals surface area contributed by atoms with Crippen molar-refractivity contribution in [2.24, 2.45) is 7.05 Å². The van der Waals surface area contributed by atoms with Gasteiger partial charge in [-0.25, -0.2) is 4.79 Å². The molecule has 11 heteroatoms. The van der Waals surface area contributed by atoms with E-state index in [2.05, 4.69) is 34.7 Å². The van der Waals surface area contributed by atoms with E-state index in [9.17, 15) is 9.59 Å². The molecule has 4 rings (SSSR count). The van der Waals surface area contributed by atoms with Crippen molar-refractivity contribution >= 4 is 62.9 Å². The molecule has 0 unspecified atom stereocenters. The van der Waals surface area contributed by atoms with Gasteiger partial charge in [0.15, 0.2) is 11.0 Å². The number of thioether (sulfide) groups is 1. The lowest BCUT2D eigenvalue weighted by Crippen LogP contribution is -2.16. The van der Waals surface area contributed by atoms with Crippen LogP contribution in [-0.2, 0) is 23.0 Å². The van der Waals surface area contributed by atoms with Gasteiger partial charge in [0.25, 0.3) is 0 Å². The number of anilines is 1. The number of aromatic nitrogens is 3. The highest BCUT2D eigenvalue weighted by Gasteiger charge is 2.23. The maximum Gasteiger partial charge on any atom is 0.341 e. The molecule has 0 spiro atoms. The molecule has 0 aliphatic rings. The minimum Gasteiger partial charge on any atom is -0.465 e. The van der Waals surface area contributed by atoms with Crippen LogP contribution in [0.2, 0.25) is 5.02 Å². The Labute approximate surface area is 220 Å². The van der Waals surface area contributed by atoms with Crippen molar-refractivity contribution in [1.82, 2.24) is 14.8 Å². The molecular formula is C24H23ClN4O3S3. The number of nitrogens with zero attached hydrogens (tertiary/aromatic N) is 3. The SMILES string of the molecule is CCc1c(-c2nnc(SCC(=O)Nc3scc(-c4ccc(Cl)cc4)c3C(=O)OC)n2C)csc1C. The molecular weight excluding hydrogens is 524 g/mol. The Hall–Kier alpha value is -2.66. The van der Waals surface area contributed by atoms with E-state index in [0.717, 1.165) is 23.4 Å². The summed E-state index contributed by atoms with van der Waals surface area (Å²) in [5, 5.41) is 17.1. The summed E-state index contributed by atoms with van der Waals surface area (Å²) in [6, 6.07) is 7.15. The van der Waals surface area contributed by atoms with E-state index in [1.165, 1.54) is 40.6 Å². The number of halogens is 1. The highest BCUT2D eigenvalue weighted by Crippen LogP contribution is 2.37. The zero-order valence-electron chi connectivity index (χ0n) is 19.5. The zero-order chi connectivity index (χ0) is 25.1. The second kappa shape index (κ2) is 10.9. The Kier molecular flexibility index (Phi) is 7.95. The maximum absolute atomic E-state index is 12.8. The van der Waals surface area contributed by atoms with Gasteiger partial charge in [-0.15, -0.1) is 32.9 Å². The van der Waals surface area contributed by atoms with Crippen molar-refractivity contribution in [3.63, 3.8) is 0 Å². The van der Waals surface area contributed by atoms with Crippen LogP contribution in [0.25, 0.3) is 22.5 Å². The van der Waals surface area contributed by atoms with E-state index < -0.39 is 5.97 Å². The van der Waals surface area contributed by atoms with Crippen LogP contribution in [0, 0.1) is 6.92 Å². The van der Waals surface area contributed by atoms with Gasteiger partial charge in [-0.1, -0.05) is 42.4 Å². The normalized spacial score (nSPS) is 11.0. The Bertz CT molecular complexity index is 1380. The first kappa shape index (κ1) is 25.4. The summed E-state index contributed by atoms with van der Waals surface area (Å²) in [6.07, 6.45) is 0.920. The third kappa shape index (κ3) is 5.30. The molecule has 4 aromatic rings. The number of thiophene rings is 2. The van der Waals surface area contributed by atoms with Crippen molar-refractivity contribution in [2.45, 2.75) is 25.4 Å². The molecule has 0 radical (unpaired) electrons. The lowest BCUT2D eigenvalue weighted by molar-refractivity contribution is -0.113. The van der Waals surface area contributed by atoms with Crippen molar-refractivity contribution < 1.29 is 14.3 Å². The fourth-order valence-electron chi connectivity index (χ4n) is 3.67. The van der Waals surface area contributed by atoms with Gasteiger partial charge < -0.3 is 14.6 Å². The molecule has 1 N–H and O–H groups in total. The molecule has 0 saturated heterocycles. The lowest BCUT2D eigenvalue weighted by atomic mass is 10.0. The van der Waals surface area contributed by atoms with Gasteiger partial charge in [0.2, 0.25) is 5.91 Å². The van der Waals surface area contributed by atoms with E-state index in [1.807, 2.05) is 29.1 Å². The third-order valence-electron chi connectivity index (χ3n) is 5.45. The molecule has 0 aliphatic heterocycles. The minimum atomic E-state index is -0.519. The number of nitrogens with one attached hydrogen (secondary N) is 1. The van der Waals surface area contributed by atoms with Crippen LogP contribution in [0.5, 0.6) is 0 Å². The number of aryl methyl sites for hydroxylation is 1. The standard InChI is InChI=1S/C24H23ClN4O3S3/c1-5-16-13(2)33-11-18(16)21-27-28-24(29(21)3)35-12-19(30)26-22-20(23(31)32-4)17(10-34-22)14-6-8-15(25)9-7-14/h6-11H,5,12H2,1-4H3,(H,26,30). The van der Waals surface area contributed by atoms with Gasteiger partial charge in [0.1, 0.15) is 10.6 Å². The Morgan fingerprint density at radius 2 is 1.86 bits per heavy atom. The zero-order valence-corrected chi connectivity index (χ0v) is 22.8. The number of rotatable bonds is 8. The number of hydrogen-bond acceptors (Lipinski definition) is 8. The second-order valence-electron chi connectivity index (χ2n) is 7.59. The number of carbonyl (C=O) groups excluding carboxylic acids is 2. The van der Waals surface area contributed by atoms with E-state index in [0.29, 0.717) is 26.3 Å². The monoisotopic (exact) mass is 546 g/mol. The first-order valence-electron chi connectivity index (χ1n) is 10.7. The molecule has 3 aromatic heterocycles. The summed E-state index contributed by atoms with van der Waals surface area (Å²) in [5.41, 5.74) is 4.15. The fourth-order valence-corrected chi connectivity index (χ4v) is 6.42. The average Bonchev–Trinajstić information content (AvgIpc) is 3.54. The summed E-state index contributed by atoms with van der Waals surface area (Å²) in [7, 11) is 3.21. The summed E-state index contributed by atoms with van der Waals surface area (Å²) in [5.74, 6) is 0.127. The molecule has 1 aromatic carbocycles. The number of amides is 1. The van der Waals surface area contributed by atoms with Crippen LogP contribution in [0.15, 0.2) is 40.2 Å². The molecule has 0 fully saturated rings. The maximum atomic E-state index is 12.8. The van der Waals surface area contributed by atoms with Crippen LogP contribution in [0.4, 0.5) is 5.00 Å². The van der Waals surface area contributed by atoms with Crippen molar-refractivity contribution in [2.75, 3.05) is 18.2 Å². The fraction of sp³-hybridized carbons (Fsp3) is 0.250. The van der Waals surface area contributed by atoms with Gasteiger partial charge in [0.05, 0.1) is 12.9 Å². The van der Waals surface area contributed by atoms with E-state index >= 15 is 0 Å². The lowest BCUT2D eigenvalue weighted by Gasteiger charge is -2.08. The number of hydrogen-bond donors (Lipinski definition) is 1. The topological polar surface area (TPSA) is 86.1 Å². The van der Waals surface area contributed by atoms with Gasteiger partial charge in [-0.3, -0.25) is 4.79 Å². The predicted octanol–water partition coefficient (Wildman–Crippen LogP) is 6.31. The summed E-state index contributed by atoms with van der Waals surface area (Å²) in [6.45, 7) is 4.23. The molecule has 1 amide bonds. The van der Waals surface area contributed by atoms with E-state index in [-0.39, 0.29) is 11.7 Å². The van der Waals surface area contributed by atoms with Crippen LogP contribution in [0.3, 0.4) is 0 Å². The van der Waals surface area contributed by atoms with Crippen molar-refractivity contribution in [1.29, 1.82) is 0 Å². The van der Waals surface area contributed by atoms with E-state index in [4.69, 9.17) is 16.3 Å². The Morgan fingerprint density at radius 1 is 1.14 bits per heavy atom. The summed E-state index contributed by atoms with van der Waals surface area (Å²) < 4.78 is 6.88. The Morgan fingerprint density at radius 3 is 2.54 bits per heavy atom. The van der Waals surface area contributed by atoms with Crippen LogP contribution in [0.1, 0.15) is 27.7 Å². The second-order valence-corrected chi connectivity index (χ2v) is 10.9. The molecule has 0 saturated carbocycles.